The van der Waals surface area contributed by atoms with Gasteiger partial charge in [0.25, 0.3) is 0 Å². The zero-order valence-corrected chi connectivity index (χ0v) is 20.8. The van der Waals surface area contributed by atoms with Crippen molar-refractivity contribution in [1.29, 1.82) is 0 Å². The van der Waals surface area contributed by atoms with E-state index in [0.29, 0.717) is 16.7 Å². The highest BCUT2D eigenvalue weighted by Crippen LogP contribution is 2.75. The Morgan fingerprint density at radius 3 is 2.33 bits per heavy atom. The van der Waals surface area contributed by atoms with Crippen molar-refractivity contribution in [3.8, 4) is 0 Å². The maximum absolute atomic E-state index is 2.64. The summed E-state index contributed by atoms with van der Waals surface area (Å²) in [6.07, 6.45) is 9.89. The van der Waals surface area contributed by atoms with Gasteiger partial charge < -0.3 is 9.80 Å². The molecule has 2 aromatic rings. The Hall–Kier alpha value is -1.64. The molecule has 1 saturated heterocycles. The lowest BCUT2D eigenvalue weighted by Crippen LogP contribution is -2.44. The third-order valence-electron chi connectivity index (χ3n) is 9.86. The first-order valence-corrected chi connectivity index (χ1v) is 13.6. The Bertz CT molecular complexity index is 945. The van der Waals surface area contributed by atoms with Crippen LogP contribution in [-0.2, 0) is 6.42 Å². The van der Waals surface area contributed by atoms with Gasteiger partial charge in [0.05, 0.1) is 0 Å². The zero-order chi connectivity index (χ0) is 22.5. The molecule has 5 atom stereocenters. The van der Waals surface area contributed by atoms with E-state index in [4.69, 9.17) is 0 Å². The maximum Gasteiger partial charge on any atom is 0.0143 e. The van der Waals surface area contributed by atoms with Gasteiger partial charge in [0.15, 0.2) is 0 Å². The Morgan fingerprint density at radius 1 is 0.879 bits per heavy atom. The minimum atomic E-state index is 0.387. The fraction of sp³-hybridized carbons (Fsp3) is 0.613. The van der Waals surface area contributed by atoms with Crippen LogP contribution < -0.4 is 0 Å². The Kier molecular flexibility index (Phi) is 5.66. The van der Waals surface area contributed by atoms with E-state index < -0.39 is 0 Å². The quantitative estimate of drug-likeness (QED) is 0.503. The van der Waals surface area contributed by atoms with Crippen LogP contribution in [0.2, 0.25) is 0 Å². The molecule has 2 nitrogen and oxygen atoms in total. The van der Waals surface area contributed by atoms with Crippen LogP contribution in [0.5, 0.6) is 0 Å². The predicted molar refractivity (Wildman–Crippen MR) is 138 cm³/mol. The third-order valence-corrected chi connectivity index (χ3v) is 9.86. The molecule has 0 radical (unpaired) electrons. The smallest absolute Gasteiger partial charge is 0.0143 e. The van der Waals surface area contributed by atoms with E-state index in [-0.39, 0.29) is 0 Å². The summed E-state index contributed by atoms with van der Waals surface area (Å²) in [5.41, 5.74) is 5.68. The summed E-state index contributed by atoms with van der Waals surface area (Å²) in [5, 5.41) is 0. The van der Waals surface area contributed by atoms with Gasteiger partial charge in [0.2, 0.25) is 0 Å². The number of hydrogen-bond acceptors (Lipinski definition) is 2. The summed E-state index contributed by atoms with van der Waals surface area (Å²) in [6, 6.07) is 21.3. The van der Waals surface area contributed by atoms with Crippen molar-refractivity contribution < 1.29 is 0 Å². The zero-order valence-electron chi connectivity index (χ0n) is 20.8. The maximum atomic E-state index is 2.64. The van der Waals surface area contributed by atoms with Crippen LogP contribution in [0.3, 0.4) is 0 Å². The molecule has 0 amide bonds. The number of hydrogen-bond donors (Lipinski definition) is 0. The molecule has 33 heavy (non-hydrogen) atoms. The molecule has 5 unspecified atom stereocenters. The predicted octanol–water partition coefficient (Wildman–Crippen LogP) is 6.21. The van der Waals surface area contributed by atoms with Gasteiger partial charge in [-0.15, -0.1) is 0 Å². The van der Waals surface area contributed by atoms with Crippen LogP contribution in [0.1, 0.15) is 68.1 Å². The van der Waals surface area contributed by atoms with Gasteiger partial charge in [0.1, 0.15) is 0 Å². The lowest BCUT2D eigenvalue weighted by molar-refractivity contribution is 0.103. The fourth-order valence-electron chi connectivity index (χ4n) is 8.37. The van der Waals surface area contributed by atoms with Gasteiger partial charge >= 0.3 is 0 Å². The van der Waals surface area contributed by atoms with Crippen LogP contribution in [0.4, 0.5) is 0 Å². The summed E-state index contributed by atoms with van der Waals surface area (Å²) in [7, 11) is 2.24. The van der Waals surface area contributed by atoms with Gasteiger partial charge in [-0.25, -0.2) is 0 Å². The summed E-state index contributed by atoms with van der Waals surface area (Å²) in [4.78, 5) is 5.09. The summed E-state index contributed by atoms with van der Waals surface area (Å²) in [5.74, 6) is 2.56. The number of benzene rings is 2. The molecular weight excluding hydrogens is 400 g/mol. The minimum Gasteiger partial charge on any atom is -0.304 e. The lowest BCUT2D eigenvalue weighted by atomic mass is 9.58. The summed E-state index contributed by atoms with van der Waals surface area (Å²) < 4.78 is 0. The lowest BCUT2D eigenvalue weighted by Gasteiger charge is -2.46. The molecule has 4 fully saturated rings. The van der Waals surface area contributed by atoms with Gasteiger partial charge in [-0.2, -0.15) is 0 Å². The summed E-state index contributed by atoms with van der Waals surface area (Å²) >= 11 is 0. The Labute approximate surface area is 201 Å². The van der Waals surface area contributed by atoms with E-state index >= 15 is 0 Å². The molecule has 1 spiro atoms. The van der Waals surface area contributed by atoms with E-state index in [1.54, 1.807) is 5.56 Å². The standard InChI is InChI=1S/C31H42N2/c1-30(20-25-19-28-22-31(28,21-25)23-30)29(26-8-4-3-5-9-26)27-12-10-24(11-13-27)7-6-14-33-17-15-32(2)16-18-33/h3-5,8-13,25,28-29H,6-7,14-23H2,1-2H3. The number of likely N-dealkylation sites (N-methyl/N-ethyl adjacent to an activating group) is 1. The van der Waals surface area contributed by atoms with Crippen LogP contribution in [0.25, 0.3) is 0 Å². The van der Waals surface area contributed by atoms with E-state index in [2.05, 4.69) is 78.4 Å². The van der Waals surface area contributed by atoms with Crippen LogP contribution in [0, 0.1) is 22.7 Å². The van der Waals surface area contributed by atoms with Gasteiger partial charge in [-0.3, -0.25) is 0 Å². The SMILES string of the molecule is CN1CCN(CCCc2ccc(C(c3ccccc3)C3(C)CC4CC5CC5(C4)C3)cc2)CC1. The second-order valence-corrected chi connectivity index (χ2v) is 12.4. The first-order valence-electron chi connectivity index (χ1n) is 13.6. The monoisotopic (exact) mass is 442 g/mol. The molecule has 0 N–H and O–H groups in total. The Balaban J connectivity index is 1.17. The van der Waals surface area contributed by atoms with E-state index in [1.165, 1.54) is 88.8 Å². The van der Waals surface area contributed by atoms with Crippen LogP contribution >= 0.6 is 0 Å². The molecule has 1 aliphatic heterocycles. The van der Waals surface area contributed by atoms with Crippen molar-refractivity contribution in [2.24, 2.45) is 22.7 Å². The number of fused-ring (bicyclic) bond motifs is 1. The molecule has 4 aliphatic rings. The van der Waals surface area contributed by atoms with Gasteiger partial charge in [0, 0.05) is 32.1 Å². The average molecular weight is 443 g/mol. The van der Waals surface area contributed by atoms with E-state index in [0.717, 1.165) is 11.8 Å². The second kappa shape index (κ2) is 8.54. The van der Waals surface area contributed by atoms with Crippen LogP contribution in [0.15, 0.2) is 54.6 Å². The normalized spacial score (nSPS) is 34.7. The molecule has 2 heteroatoms. The van der Waals surface area contributed by atoms with Gasteiger partial charge in [-0.1, -0.05) is 61.5 Å². The van der Waals surface area contributed by atoms with Crippen molar-refractivity contribution in [3.05, 3.63) is 71.3 Å². The van der Waals surface area contributed by atoms with Gasteiger partial charge in [-0.05, 0) is 97.9 Å². The average Bonchev–Trinajstić information content (AvgIpc) is 3.36. The van der Waals surface area contributed by atoms with Crippen molar-refractivity contribution in [1.82, 2.24) is 9.80 Å². The number of nitrogens with zero attached hydrogens (tertiary/aromatic N) is 2. The number of rotatable bonds is 7. The highest BCUT2D eigenvalue weighted by atomic mass is 15.2. The molecule has 2 bridgehead atoms. The van der Waals surface area contributed by atoms with E-state index in [9.17, 15) is 0 Å². The largest absolute Gasteiger partial charge is 0.304 e. The topological polar surface area (TPSA) is 6.48 Å². The van der Waals surface area contributed by atoms with Crippen molar-refractivity contribution in [2.75, 3.05) is 39.8 Å². The molecule has 1 heterocycles. The third kappa shape index (κ3) is 4.30. The second-order valence-electron chi connectivity index (χ2n) is 12.4. The highest BCUT2D eigenvalue weighted by molar-refractivity contribution is 5.38. The number of aryl methyl sites for hydroxylation is 1. The van der Waals surface area contributed by atoms with Crippen molar-refractivity contribution in [2.45, 2.75) is 57.8 Å². The van der Waals surface area contributed by atoms with Crippen molar-refractivity contribution in [3.63, 3.8) is 0 Å². The van der Waals surface area contributed by atoms with E-state index in [1.807, 2.05) is 0 Å². The molecule has 3 saturated carbocycles. The molecule has 176 valence electrons. The molecule has 2 aromatic carbocycles. The first kappa shape index (κ1) is 21.9. The highest BCUT2D eigenvalue weighted by Gasteiger charge is 2.66. The fourth-order valence-corrected chi connectivity index (χ4v) is 8.37. The number of piperazine rings is 1. The molecular formula is C31H42N2. The van der Waals surface area contributed by atoms with Crippen molar-refractivity contribution >= 4 is 0 Å². The minimum absolute atomic E-state index is 0.387. The first-order chi connectivity index (χ1) is 16.0. The van der Waals surface area contributed by atoms with Crippen LogP contribution in [-0.4, -0.2) is 49.6 Å². The molecule has 3 aliphatic carbocycles. The summed E-state index contributed by atoms with van der Waals surface area (Å²) in [6.45, 7) is 8.77. The molecule has 6 rings (SSSR count). The Morgan fingerprint density at radius 2 is 1.61 bits per heavy atom. The molecule has 0 aromatic heterocycles.